The predicted octanol–water partition coefficient (Wildman–Crippen LogP) is 2.14. The van der Waals surface area contributed by atoms with Gasteiger partial charge in [0.1, 0.15) is 24.4 Å². The van der Waals surface area contributed by atoms with E-state index in [2.05, 4.69) is 6.92 Å². The molecule has 0 amide bonds. The van der Waals surface area contributed by atoms with Gasteiger partial charge < -0.3 is 30.3 Å². The molecular weight excluding hydrogens is 336 g/mol. The molecule has 0 heterocycles. The average molecular weight is 379 g/mol. The lowest BCUT2D eigenvalue weighted by Gasteiger charge is -2.25. The summed E-state index contributed by atoms with van der Waals surface area (Å²) in [6.45, 7) is 1.96. The van der Waals surface area contributed by atoms with Crippen LogP contribution in [0.15, 0.2) is 0 Å². The molecule has 0 spiro atoms. The first-order chi connectivity index (χ1) is 12.5. The second-order valence-electron chi connectivity index (χ2n) is 7.26. The zero-order valence-electron chi connectivity index (χ0n) is 16.6. The monoisotopic (exact) mass is 378 g/mol. The highest BCUT2D eigenvalue weighted by Gasteiger charge is 2.29. The summed E-state index contributed by atoms with van der Waals surface area (Å²) in [5.74, 6) is 0. The molecule has 0 aliphatic rings. The van der Waals surface area contributed by atoms with Crippen molar-refractivity contribution in [1.29, 1.82) is 0 Å². The molecule has 6 nitrogen and oxygen atoms in total. The Hall–Kier alpha value is -0.240. The fourth-order valence-electron chi connectivity index (χ4n) is 2.91. The van der Waals surface area contributed by atoms with Gasteiger partial charge in [0.25, 0.3) is 0 Å². The molecule has 158 valence electrons. The molecule has 0 aromatic carbocycles. The van der Waals surface area contributed by atoms with Crippen LogP contribution in [0.2, 0.25) is 0 Å². The summed E-state index contributed by atoms with van der Waals surface area (Å²) in [5, 5.41) is 46.8. The van der Waals surface area contributed by atoms with Crippen molar-refractivity contribution in [3.05, 3.63) is 0 Å². The molecule has 26 heavy (non-hydrogen) atoms. The third kappa shape index (κ3) is 13.9. The summed E-state index contributed by atoms with van der Waals surface area (Å²) >= 11 is 0. The fraction of sp³-hybridized carbons (Fsp3) is 1.00. The molecule has 0 aromatic rings. The van der Waals surface area contributed by atoms with E-state index in [0.717, 1.165) is 12.8 Å². The lowest BCUT2D eigenvalue weighted by molar-refractivity contribution is -0.129. The highest BCUT2D eigenvalue weighted by molar-refractivity contribution is 4.80. The maximum absolute atomic E-state index is 9.70. The lowest BCUT2D eigenvalue weighted by Crippen LogP contribution is -2.47. The van der Waals surface area contributed by atoms with E-state index in [1.807, 2.05) is 0 Å². The topological polar surface area (TPSA) is 110 Å². The van der Waals surface area contributed by atoms with E-state index in [-0.39, 0.29) is 6.61 Å². The summed E-state index contributed by atoms with van der Waals surface area (Å²) < 4.78 is 5.31. The smallest absolute Gasteiger partial charge is 0.111 e. The standard InChI is InChI=1S/C20H42O6/c1-2-3-4-5-6-7-8-9-10-11-12-13-14-26-16-18(23)20(25)19(24)17(22)15-21/h17-25H,2-16H2,1H3/t17-,18+,19+,20-/m0/s1. The number of aliphatic hydroxyl groups excluding tert-OH is 5. The van der Waals surface area contributed by atoms with Crippen molar-refractivity contribution in [2.75, 3.05) is 19.8 Å². The molecule has 0 aliphatic heterocycles. The molecule has 0 rings (SSSR count). The molecular formula is C20H42O6. The normalized spacial score (nSPS) is 16.4. The summed E-state index contributed by atoms with van der Waals surface area (Å²) in [6.07, 6.45) is 9.29. The van der Waals surface area contributed by atoms with Gasteiger partial charge in [-0.2, -0.15) is 0 Å². The van der Waals surface area contributed by atoms with Crippen molar-refractivity contribution in [2.24, 2.45) is 0 Å². The summed E-state index contributed by atoms with van der Waals surface area (Å²) in [6, 6.07) is 0. The summed E-state index contributed by atoms with van der Waals surface area (Å²) in [4.78, 5) is 0. The van der Waals surface area contributed by atoms with Gasteiger partial charge >= 0.3 is 0 Å². The van der Waals surface area contributed by atoms with Gasteiger partial charge in [0.2, 0.25) is 0 Å². The molecule has 4 atom stereocenters. The van der Waals surface area contributed by atoms with Crippen molar-refractivity contribution in [3.63, 3.8) is 0 Å². The molecule has 0 radical (unpaired) electrons. The van der Waals surface area contributed by atoms with Crippen LogP contribution in [0.5, 0.6) is 0 Å². The lowest BCUT2D eigenvalue weighted by atomic mass is 10.0. The van der Waals surface area contributed by atoms with Gasteiger partial charge in [-0.1, -0.05) is 77.6 Å². The summed E-state index contributed by atoms with van der Waals surface area (Å²) in [5.41, 5.74) is 0. The second-order valence-corrected chi connectivity index (χ2v) is 7.26. The van der Waals surface area contributed by atoms with Crippen LogP contribution >= 0.6 is 0 Å². The van der Waals surface area contributed by atoms with Crippen LogP contribution in [-0.4, -0.2) is 69.8 Å². The van der Waals surface area contributed by atoms with Gasteiger partial charge in [-0.25, -0.2) is 0 Å². The van der Waals surface area contributed by atoms with E-state index in [4.69, 9.17) is 9.84 Å². The maximum atomic E-state index is 9.70. The van der Waals surface area contributed by atoms with E-state index in [1.165, 1.54) is 64.2 Å². The van der Waals surface area contributed by atoms with E-state index in [1.54, 1.807) is 0 Å². The van der Waals surface area contributed by atoms with Gasteiger partial charge in [0.15, 0.2) is 0 Å². The minimum absolute atomic E-state index is 0.103. The molecule has 6 heteroatoms. The predicted molar refractivity (Wildman–Crippen MR) is 103 cm³/mol. The Kier molecular flexibility index (Phi) is 18.0. The van der Waals surface area contributed by atoms with E-state index >= 15 is 0 Å². The highest BCUT2D eigenvalue weighted by atomic mass is 16.5. The second kappa shape index (κ2) is 18.1. The molecule has 0 fully saturated rings. The SMILES string of the molecule is CCCCCCCCCCCCCCOC[C@@H](O)[C@H](O)[C@H](O)[C@@H](O)CO. The van der Waals surface area contributed by atoms with Gasteiger partial charge in [0, 0.05) is 6.61 Å². The Balaban J connectivity index is 3.37. The molecule has 0 bridgehead atoms. The Morgan fingerprint density at radius 3 is 1.50 bits per heavy atom. The third-order valence-corrected chi connectivity index (χ3v) is 4.76. The third-order valence-electron chi connectivity index (χ3n) is 4.76. The fourth-order valence-corrected chi connectivity index (χ4v) is 2.91. The largest absolute Gasteiger partial charge is 0.394 e. The van der Waals surface area contributed by atoms with E-state index in [0.29, 0.717) is 6.61 Å². The van der Waals surface area contributed by atoms with Crippen LogP contribution in [0, 0.1) is 0 Å². The number of hydrogen-bond donors (Lipinski definition) is 5. The van der Waals surface area contributed by atoms with Crippen molar-refractivity contribution in [1.82, 2.24) is 0 Å². The van der Waals surface area contributed by atoms with E-state index in [9.17, 15) is 20.4 Å². The Labute approximate surface area is 159 Å². The van der Waals surface area contributed by atoms with Crippen molar-refractivity contribution in [2.45, 2.75) is 108 Å². The van der Waals surface area contributed by atoms with Crippen molar-refractivity contribution in [3.8, 4) is 0 Å². The van der Waals surface area contributed by atoms with Crippen LogP contribution in [-0.2, 0) is 4.74 Å². The molecule has 0 aromatic heterocycles. The number of aliphatic hydroxyl groups is 5. The van der Waals surface area contributed by atoms with Gasteiger partial charge in [0.05, 0.1) is 13.2 Å². The number of rotatable bonds is 19. The van der Waals surface area contributed by atoms with Crippen LogP contribution in [0.3, 0.4) is 0 Å². The zero-order valence-corrected chi connectivity index (χ0v) is 16.6. The van der Waals surface area contributed by atoms with Gasteiger partial charge in [-0.3, -0.25) is 0 Å². The highest BCUT2D eigenvalue weighted by Crippen LogP contribution is 2.12. The maximum Gasteiger partial charge on any atom is 0.111 e. The van der Waals surface area contributed by atoms with Crippen molar-refractivity contribution < 1.29 is 30.3 Å². The van der Waals surface area contributed by atoms with Crippen LogP contribution in [0.4, 0.5) is 0 Å². The molecule has 5 N–H and O–H groups in total. The van der Waals surface area contributed by atoms with Gasteiger partial charge in [-0.15, -0.1) is 0 Å². The van der Waals surface area contributed by atoms with E-state index < -0.39 is 31.0 Å². The molecule has 0 saturated carbocycles. The van der Waals surface area contributed by atoms with Crippen LogP contribution < -0.4 is 0 Å². The Morgan fingerprint density at radius 1 is 0.615 bits per heavy atom. The average Bonchev–Trinajstić information content (AvgIpc) is 2.66. The number of unbranched alkanes of at least 4 members (excludes halogenated alkanes) is 11. The molecule has 0 saturated heterocycles. The Morgan fingerprint density at radius 2 is 1.04 bits per heavy atom. The first-order valence-electron chi connectivity index (χ1n) is 10.4. The first-order valence-corrected chi connectivity index (χ1v) is 10.4. The molecule has 0 unspecified atom stereocenters. The quantitative estimate of drug-likeness (QED) is 0.220. The molecule has 0 aliphatic carbocycles. The Bertz CT molecular complexity index is 289. The zero-order chi connectivity index (χ0) is 19.6. The number of ether oxygens (including phenoxy) is 1. The van der Waals surface area contributed by atoms with Crippen LogP contribution in [0.25, 0.3) is 0 Å². The van der Waals surface area contributed by atoms with Crippen molar-refractivity contribution >= 4 is 0 Å². The first kappa shape index (κ1) is 25.8. The van der Waals surface area contributed by atoms with Gasteiger partial charge in [-0.05, 0) is 6.42 Å². The summed E-state index contributed by atoms with van der Waals surface area (Å²) in [7, 11) is 0. The van der Waals surface area contributed by atoms with Crippen LogP contribution in [0.1, 0.15) is 84.0 Å². The minimum atomic E-state index is -1.59. The minimum Gasteiger partial charge on any atom is -0.394 e. The number of hydrogen-bond acceptors (Lipinski definition) is 6.